The van der Waals surface area contributed by atoms with Crippen LogP contribution in [-0.2, 0) is 6.54 Å². The van der Waals surface area contributed by atoms with Crippen molar-refractivity contribution in [3.63, 3.8) is 0 Å². The normalized spacial score (nSPS) is 10.1. The van der Waals surface area contributed by atoms with Gasteiger partial charge in [0.2, 0.25) is 0 Å². The van der Waals surface area contributed by atoms with Crippen LogP contribution in [0.3, 0.4) is 0 Å². The first-order chi connectivity index (χ1) is 7.59. The summed E-state index contributed by atoms with van der Waals surface area (Å²) in [6.45, 7) is 7.55. The second-order valence-electron chi connectivity index (χ2n) is 4.88. The molecular formula is C14H26Cl2N2. The van der Waals surface area contributed by atoms with Crippen LogP contribution in [0.5, 0.6) is 0 Å². The fourth-order valence-corrected chi connectivity index (χ4v) is 1.56. The first kappa shape index (κ1) is 20.0. The van der Waals surface area contributed by atoms with Crippen LogP contribution in [-0.4, -0.2) is 32.1 Å². The summed E-state index contributed by atoms with van der Waals surface area (Å²) >= 11 is 0. The summed E-state index contributed by atoms with van der Waals surface area (Å²) in [4.78, 5) is 2.19. The number of benzene rings is 1. The molecule has 106 valence electrons. The van der Waals surface area contributed by atoms with Gasteiger partial charge in [-0.1, -0.05) is 38.1 Å². The number of halogens is 2. The van der Waals surface area contributed by atoms with Crippen LogP contribution in [0.15, 0.2) is 24.3 Å². The lowest BCUT2D eigenvalue weighted by molar-refractivity contribution is 0.400. The van der Waals surface area contributed by atoms with Gasteiger partial charge in [-0.3, -0.25) is 0 Å². The third-order valence-corrected chi connectivity index (χ3v) is 2.71. The van der Waals surface area contributed by atoms with Gasteiger partial charge < -0.3 is 10.2 Å². The number of nitrogens with one attached hydrogen (secondary N) is 1. The fourth-order valence-electron chi connectivity index (χ4n) is 1.56. The fraction of sp³-hybridized carbons (Fsp3) is 0.571. The lowest BCUT2D eigenvalue weighted by Gasteiger charge is -2.11. The molecule has 0 aliphatic heterocycles. The zero-order valence-corrected chi connectivity index (χ0v) is 13.4. The van der Waals surface area contributed by atoms with Crippen molar-refractivity contribution in [1.29, 1.82) is 0 Å². The molecule has 0 unspecified atom stereocenters. The Morgan fingerprint density at radius 2 is 1.61 bits per heavy atom. The molecule has 0 bridgehead atoms. The predicted octanol–water partition coefficient (Wildman–Crippen LogP) is 3.30. The smallest absolute Gasteiger partial charge is 0.0206 e. The topological polar surface area (TPSA) is 15.3 Å². The SMILES string of the molecule is CC(C)c1ccc(CNCCN(C)C)cc1.Cl.Cl. The van der Waals surface area contributed by atoms with Crippen molar-refractivity contribution < 1.29 is 0 Å². The molecule has 0 saturated carbocycles. The van der Waals surface area contributed by atoms with E-state index in [1.807, 2.05) is 0 Å². The summed E-state index contributed by atoms with van der Waals surface area (Å²) in [7, 11) is 4.19. The minimum absolute atomic E-state index is 0. The van der Waals surface area contributed by atoms with Crippen molar-refractivity contribution >= 4 is 24.8 Å². The van der Waals surface area contributed by atoms with Gasteiger partial charge in [-0.25, -0.2) is 0 Å². The molecule has 0 aliphatic rings. The molecule has 0 amide bonds. The number of hydrogen-bond donors (Lipinski definition) is 1. The summed E-state index contributed by atoms with van der Waals surface area (Å²) in [6, 6.07) is 8.90. The van der Waals surface area contributed by atoms with Crippen molar-refractivity contribution in [2.75, 3.05) is 27.2 Å². The molecule has 0 spiro atoms. The van der Waals surface area contributed by atoms with E-state index in [4.69, 9.17) is 0 Å². The highest BCUT2D eigenvalue weighted by Crippen LogP contribution is 2.14. The number of likely N-dealkylation sites (N-methyl/N-ethyl adjacent to an activating group) is 1. The molecule has 1 aromatic carbocycles. The molecule has 0 radical (unpaired) electrons. The van der Waals surface area contributed by atoms with Gasteiger partial charge in [-0.2, -0.15) is 0 Å². The van der Waals surface area contributed by atoms with Gasteiger partial charge in [0.05, 0.1) is 0 Å². The van der Waals surface area contributed by atoms with E-state index in [0.29, 0.717) is 5.92 Å². The summed E-state index contributed by atoms with van der Waals surface area (Å²) in [5.41, 5.74) is 2.78. The van der Waals surface area contributed by atoms with Crippen LogP contribution in [0.2, 0.25) is 0 Å². The lowest BCUT2D eigenvalue weighted by atomic mass is 10.0. The molecule has 0 fully saturated rings. The molecule has 0 aliphatic carbocycles. The maximum Gasteiger partial charge on any atom is 0.0206 e. The molecule has 1 rings (SSSR count). The maximum atomic E-state index is 3.44. The van der Waals surface area contributed by atoms with Gasteiger partial charge in [0.25, 0.3) is 0 Å². The van der Waals surface area contributed by atoms with Crippen LogP contribution >= 0.6 is 24.8 Å². The van der Waals surface area contributed by atoms with Crippen molar-refractivity contribution in [3.8, 4) is 0 Å². The Bertz CT molecular complexity index is 297. The summed E-state index contributed by atoms with van der Waals surface area (Å²) < 4.78 is 0. The first-order valence-corrected chi connectivity index (χ1v) is 6.04. The largest absolute Gasteiger partial charge is 0.311 e. The van der Waals surface area contributed by atoms with Gasteiger partial charge in [0.15, 0.2) is 0 Å². The van der Waals surface area contributed by atoms with E-state index in [1.54, 1.807) is 0 Å². The number of hydrogen-bond acceptors (Lipinski definition) is 2. The minimum Gasteiger partial charge on any atom is -0.311 e. The van der Waals surface area contributed by atoms with E-state index in [9.17, 15) is 0 Å². The van der Waals surface area contributed by atoms with Crippen molar-refractivity contribution in [3.05, 3.63) is 35.4 Å². The number of rotatable bonds is 6. The second-order valence-corrected chi connectivity index (χ2v) is 4.88. The molecule has 18 heavy (non-hydrogen) atoms. The molecule has 2 nitrogen and oxygen atoms in total. The van der Waals surface area contributed by atoms with Crippen molar-refractivity contribution in [2.45, 2.75) is 26.3 Å². The Kier molecular flexibility index (Phi) is 11.8. The van der Waals surface area contributed by atoms with E-state index in [0.717, 1.165) is 19.6 Å². The van der Waals surface area contributed by atoms with Crippen LogP contribution in [0.25, 0.3) is 0 Å². The standard InChI is InChI=1S/C14H24N2.2ClH/c1-12(2)14-7-5-13(6-8-14)11-15-9-10-16(3)4;;/h5-8,12,15H,9-11H2,1-4H3;2*1H. The summed E-state index contributed by atoms with van der Waals surface area (Å²) in [5, 5.41) is 3.44. The third-order valence-electron chi connectivity index (χ3n) is 2.71. The predicted molar refractivity (Wildman–Crippen MR) is 85.3 cm³/mol. The highest BCUT2D eigenvalue weighted by Gasteiger charge is 1.98. The average molecular weight is 293 g/mol. The Morgan fingerprint density at radius 1 is 1.06 bits per heavy atom. The maximum absolute atomic E-state index is 3.44. The van der Waals surface area contributed by atoms with Crippen LogP contribution in [0, 0.1) is 0 Å². The molecule has 0 saturated heterocycles. The highest BCUT2D eigenvalue weighted by atomic mass is 35.5. The van der Waals surface area contributed by atoms with Gasteiger partial charge >= 0.3 is 0 Å². The van der Waals surface area contributed by atoms with Crippen LogP contribution < -0.4 is 5.32 Å². The third kappa shape index (κ3) is 7.93. The Balaban J connectivity index is 0. The minimum atomic E-state index is 0. The lowest BCUT2D eigenvalue weighted by Crippen LogP contribution is -2.26. The van der Waals surface area contributed by atoms with Gasteiger partial charge in [-0.05, 0) is 31.1 Å². The summed E-state index contributed by atoms with van der Waals surface area (Å²) in [6.07, 6.45) is 0. The van der Waals surface area contributed by atoms with E-state index < -0.39 is 0 Å². The van der Waals surface area contributed by atoms with E-state index in [1.165, 1.54) is 11.1 Å². The van der Waals surface area contributed by atoms with Gasteiger partial charge in [0.1, 0.15) is 0 Å². The average Bonchev–Trinajstić information content (AvgIpc) is 2.25. The molecule has 0 heterocycles. The Labute approximate surface area is 124 Å². The number of nitrogens with zero attached hydrogens (tertiary/aromatic N) is 1. The van der Waals surface area contributed by atoms with E-state index in [2.05, 4.69) is 62.4 Å². The van der Waals surface area contributed by atoms with E-state index >= 15 is 0 Å². The second kappa shape index (κ2) is 10.6. The molecular weight excluding hydrogens is 267 g/mol. The van der Waals surface area contributed by atoms with Gasteiger partial charge in [-0.15, -0.1) is 24.8 Å². The van der Waals surface area contributed by atoms with Crippen LogP contribution in [0.1, 0.15) is 30.9 Å². The zero-order valence-electron chi connectivity index (χ0n) is 11.8. The molecule has 1 N–H and O–H groups in total. The monoisotopic (exact) mass is 292 g/mol. The zero-order chi connectivity index (χ0) is 12.0. The van der Waals surface area contributed by atoms with Crippen molar-refractivity contribution in [1.82, 2.24) is 10.2 Å². The van der Waals surface area contributed by atoms with Crippen molar-refractivity contribution in [2.24, 2.45) is 0 Å². The summed E-state index contributed by atoms with van der Waals surface area (Å²) in [5.74, 6) is 0.621. The first-order valence-electron chi connectivity index (χ1n) is 6.04. The molecule has 0 aromatic heterocycles. The quantitative estimate of drug-likeness (QED) is 0.810. The molecule has 1 aromatic rings. The molecule has 4 heteroatoms. The highest BCUT2D eigenvalue weighted by molar-refractivity contribution is 5.85. The molecule has 0 atom stereocenters. The van der Waals surface area contributed by atoms with Crippen LogP contribution in [0.4, 0.5) is 0 Å². The Hall–Kier alpha value is -0.280. The van der Waals surface area contributed by atoms with Gasteiger partial charge in [0, 0.05) is 19.6 Å². The van der Waals surface area contributed by atoms with E-state index in [-0.39, 0.29) is 24.8 Å². The Morgan fingerprint density at radius 3 is 2.06 bits per heavy atom.